The summed E-state index contributed by atoms with van der Waals surface area (Å²) in [6.07, 6.45) is 4.20. The molecule has 0 spiro atoms. The van der Waals surface area contributed by atoms with Crippen LogP contribution >= 0.6 is 11.6 Å². The number of rotatable bonds is 6. The van der Waals surface area contributed by atoms with E-state index in [2.05, 4.69) is 20.3 Å². The van der Waals surface area contributed by atoms with Gasteiger partial charge in [-0.1, -0.05) is 23.7 Å². The van der Waals surface area contributed by atoms with Crippen molar-refractivity contribution in [2.45, 2.75) is 13.0 Å². The molecule has 0 aliphatic heterocycles. The Morgan fingerprint density at radius 3 is 2.62 bits per heavy atom. The Kier molecular flexibility index (Phi) is 6.25. The van der Waals surface area contributed by atoms with Crippen LogP contribution in [0.25, 0.3) is 11.3 Å². The zero-order valence-corrected chi connectivity index (χ0v) is 17.8. The molecule has 4 aromatic rings. The predicted molar refractivity (Wildman–Crippen MR) is 121 cm³/mol. The number of aliphatic hydroxyl groups excluding tert-OH is 1. The van der Waals surface area contributed by atoms with Crippen LogP contribution in [0.1, 0.15) is 17.3 Å². The van der Waals surface area contributed by atoms with Crippen LogP contribution < -0.4 is 10.9 Å². The minimum atomic E-state index is -0.657. The first kappa shape index (κ1) is 21.6. The second-order valence-electron chi connectivity index (χ2n) is 7.11. The van der Waals surface area contributed by atoms with Crippen LogP contribution in [0.5, 0.6) is 0 Å². The molecule has 4 rings (SSSR count). The average molecular weight is 452 g/mol. The number of pyridine rings is 2. The Labute approximate surface area is 188 Å². The Morgan fingerprint density at radius 1 is 1.16 bits per heavy atom. The van der Waals surface area contributed by atoms with Crippen molar-refractivity contribution in [1.29, 1.82) is 0 Å². The third-order valence-electron chi connectivity index (χ3n) is 4.88. The lowest BCUT2D eigenvalue weighted by Crippen LogP contribution is -2.26. The smallest absolute Gasteiger partial charge is 0.251 e. The van der Waals surface area contributed by atoms with Gasteiger partial charge in [-0.25, -0.2) is 14.4 Å². The fourth-order valence-corrected chi connectivity index (χ4v) is 3.44. The standard InChI is InChI=1S/C23H19ClFN5O2/c1-14-10-18(6-8-26-14)28-23-27-12-19(25)22(29-23)16-7-9-30(21(32)11-16)20(13-31)15-2-4-17(24)5-3-15/h2-12,20,31H,13H2,1H3,(H,26,27,28,29). The van der Waals surface area contributed by atoms with Gasteiger partial charge in [0.15, 0.2) is 5.82 Å². The molecule has 0 radical (unpaired) electrons. The lowest BCUT2D eigenvalue weighted by atomic mass is 10.1. The van der Waals surface area contributed by atoms with Crippen LogP contribution in [0.3, 0.4) is 0 Å². The fraction of sp³-hybridized carbons (Fsp3) is 0.130. The molecule has 0 aliphatic rings. The van der Waals surface area contributed by atoms with Crippen LogP contribution in [0.15, 0.2) is 71.9 Å². The maximum absolute atomic E-state index is 14.5. The zero-order chi connectivity index (χ0) is 22.7. The summed E-state index contributed by atoms with van der Waals surface area (Å²) in [7, 11) is 0. The number of hydrogen-bond acceptors (Lipinski definition) is 6. The number of hydrogen-bond donors (Lipinski definition) is 2. The van der Waals surface area contributed by atoms with E-state index in [9.17, 15) is 14.3 Å². The molecule has 9 heteroatoms. The van der Waals surface area contributed by atoms with Crippen molar-refractivity contribution in [3.63, 3.8) is 0 Å². The van der Waals surface area contributed by atoms with Gasteiger partial charge in [0.1, 0.15) is 5.69 Å². The van der Waals surface area contributed by atoms with E-state index in [0.29, 0.717) is 16.3 Å². The van der Waals surface area contributed by atoms with Gasteiger partial charge in [0.2, 0.25) is 5.95 Å². The molecule has 3 aromatic heterocycles. The van der Waals surface area contributed by atoms with E-state index in [1.54, 1.807) is 48.7 Å². The predicted octanol–water partition coefficient (Wildman–Crippen LogP) is 4.13. The molecule has 32 heavy (non-hydrogen) atoms. The van der Waals surface area contributed by atoms with Crippen molar-refractivity contribution < 1.29 is 9.50 Å². The van der Waals surface area contributed by atoms with E-state index in [0.717, 1.165) is 17.5 Å². The second kappa shape index (κ2) is 9.25. The van der Waals surface area contributed by atoms with Crippen molar-refractivity contribution in [2.24, 2.45) is 0 Å². The van der Waals surface area contributed by atoms with Crippen molar-refractivity contribution in [2.75, 3.05) is 11.9 Å². The van der Waals surface area contributed by atoms with Gasteiger partial charge in [-0.15, -0.1) is 0 Å². The van der Waals surface area contributed by atoms with Crippen LogP contribution in [0, 0.1) is 12.7 Å². The number of aliphatic hydroxyl groups is 1. The molecule has 0 saturated carbocycles. The molecule has 3 heterocycles. The van der Waals surface area contributed by atoms with Gasteiger partial charge in [0.05, 0.1) is 18.8 Å². The Bertz CT molecular complexity index is 1310. The maximum Gasteiger partial charge on any atom is 0.251 e. The molecule has 2 N–H and O–H groups in total. The molecule has 1 unspecified atom stereocenters. The molecule has 162 valence electrons. The summed E-state index contributed by atoms with van der Waals surface area (Å²) in [4.78, 5) is 25.2. The lowest BCUT2D eigenvalue weighted by Gasteiger charge is -2.18. The third-order valence-corrected chi connectivity index (χ3v) is 5.13. The summed E-state index contributed by atoms with van der Waals surface area (Å²) in [6.45, 7) is 1.56. The highest BCUT2D eigenvalue weighted by Gasteiger charge is 2.16. The summed E-state index contributed by atoms with van der Waals surface area (Å²) in [5.74, 6) is -0.472. The van der Waals surface area contributed by atoms with Crippen molar-refractivity contribution in [3.05, 3.63) is 99.6 Å². The highest BCUT2D eigenvalue weighted by molar-refractivity contribution is 6.30. The average Bonchev–Trinajstić information content (AvgIpc) is 2.78. The van der Waals surface area contributed by atoms with Crippen LogP contribution in [0.4, 0.5) is 16.0 Å². The Balaban J connectivity index is 1.66. The van der Waals surface area contributed by atoms with Crippen molar-refractivity contribution >= 4 is 23.2 Å². The van der Waals surface area contributed by atoms with Gasteiger partial charge in [-0.05, 0) is 42.8 Å². The highest BCUT2D eigenvalue weighted by Crippen LogP contribution is 2.23. The topological polar surface area (TPSA) is 92.9 Å². The Hall–Kier alpha value is -3.62. The summed E-state index contributed by atoms with van der Waals surface area (Å²) in [5.41, 5.74) is 2.12. The number of benzene rings is 1. The number of halogens is 2. The summed E-state index contributed by atoms with van der Waals surface area (Å²) in [6, 6.07) is 12.7. The minimum Gasteiger partial charge on any atom is -0.394 e. The van der Waals surface area contributed by atoms with Crippen LogP contribution in [-0.2, 0) is 0 Å². The monoisotopic (exact) mass is 451 g/mol. The third kappa shape index (κ3) is 4.66. The molecular weight excluding hydrogens is 433 g/mol. The summed E-state index contributed by atoms with van der Waals surface area (Å²) >= 11 is 5.92. The van der Waals surface area contributed by atoms with Crippen LogP contribution in [-0.4, -0.2) is 31.2 Å². The fourth-order valence-electron chi connectivity index (χ4n) is 3.32. The first-order chi connectivity index (χ1) is 15.4. The first-order valence-corrected chi connectivity index (χ1v) is 10.1. The largest absolute Gasteiger partial charge is 0.394 e. The van der Waals surface area contributed by atoms with E-state index in [4.69, 9.17) is 11.6 Å². The van der Waals surface area contributed by atoms with E-state index in [1.807, 2.05) is 6.92 Å². The van der Waals surface area contributed by atoms with E-state index >= 15 is 0 Å². The maximum atomic E-state index is 14.5. The first-order valence-electron chi connectivity index (χ1n) is 9.75. The van der Waals surface area contributed by atoms with Crippen LogP contribution in [0.2, 0.25) is 5.02 Å². The van der Waals surface area contributed by atoms with Gasteiger partial charge < -0.3 is 15.0 Å². The highest BCUT2D eigenvalue weighted by atomic mass is 35.5. The molecule has 7 nitrogen and oxygen atoms in total. The number of nitrogens with zero attached hydrogens (tertiary/aromatic N) is 4. The quantitative estimate of drug-likeness (QED) is 0.458. The zero-order valence-electron chi connectivity index (χ0n) is 17.0. The second-order valence-corrected chi connectivity index (χ2v) is 7.55. The summed E-state index contributed by atoms with van der Waals surface area (Å²) < 4.78 is 15.9. The molecular formula is C23H19ClFN5O2. The molecule has 0 fully saturated rings. The van der Waals surface area contributed by atoms with Crippen molar-refractivity contribution in [3.8, 4) is 11.3 Å². The number of anilines is 2. The number of nitrogens with one attached hydrogen (secondary N) is 1. The SMILES string of the molecule is Cc1cc(Nc2ncc(F)c(-c3ccn(C(CO)c4ccc(Cl)cc4)c(=O)c3)n2)ccn1. The summed E-state index contributed by atoms with van der Waals surface area (Å²) in [5, 5.41) is 13.4. The van der Waals surface area contributed by atoms with E-state index in [1.165, 1.54) is 16.8 Å². The molecule has 0 bridgehead atoms. The number of aromatic nitrogens is 4. The van der Waals surface area contributed by atoms with E-state index in [-0.39, 0.29) is 18.2 Å². The molecule has 1 aromatic carbocycles. The normalized spacial score (nSPS) is 11.9. The van der Waals surface area contributed by atoms with E-state index < -0.39 is 17.4 Å². The molecule has 1 atom stereocenters. The van der Waals surface area contributed by atoms with Crippen molar-refractivity contribution in [1.82, 2.24) is 19.5 Å². The van der Waals surface area contributed by atoms with Gasteiger partial charge in [0.25, 0.3) is 5.56 Å². The molecule has 0 saturated heterocycles. The molecule has 0 aliphatic carbocycles. The number of aryl methyl sites for hydroxylation is 1. The van der Waals surface area contributed by atoms with Gasteiger partial charge in [0, 0.05) is 40.4 Å². The lowest BCUT2D eigenvalue weighted by molar-refractivity contribution is 0.247. The van der Waals surface area contributed by atoms with Gasteiger partial charge in [-0.3, -0.25) is 9.78 Å². The van der Waals surface area contributed by atoms with Gasteiger partial charge in [-0.2, -0.15) is 0 Å². The van der Waals surface area contributed by atoms with Gasteiger partial charge >= 0.3 is 0 Å². The minimum absolute atomic E-state index is 0.00966. The molecule has 0 amide bonds. The Morgan fingerprint density at radius 2 is 1.94 bits per heavy atom.